The van der Waals surface area contributed by atoms with Crippen molar-refractivity contribution in [2.24, 2.45) is 0 Å². The van der Waals surface area contributed by atoms with Crippen LogP contribution in [0, 0.1) is 20.8 Å². The SMILES string of the molecule is Cc1cc(C)c(-c2sc(N)nc2C(=O)O)cc1C. The Kier molecular flexibility index (Phi) is 3.09. The van der Waals surface area contributed by atoms with Gasteiger partial charge in [0, 0.05) is 0 Å². The number of aromatic nitrogens is 1. The first kappa shape index (κ1) is 12.6. The van der Waals surface area contributed by atoms with Crippen LogP contribution < -0.4 is 5.73 Å². The number of thiazole rings is 1. The maximum atomic E-state index is 11.2. The van der Waals surface area contributed by atoms with E-state index in [0.29, 0.717) is 4.88 Å². The highest BCUT2D eigenvalue weighted by atomic mass is 32.1. The van der Waals surface area contributed by atoms with Crippen LogP contribution in [0.2, 0.25) is 0 Å². The molecule has 0 spiro atoms. The Morgan fingerprint density at radius 3 is 2.44 bits per heavy atom. The van der Waals surface area contributed by atoms with Crippen molar-refractivity contribution in [2.75, 3.05) is 5.73 Å². The molecule has 0 radical (unpaired) electrons. The predicted molar refractivity (Wildman–Crippen MR) is 73.1 cm³/mol. The summed E-state index contributed by atoms with van der Waals surface area (Å²) >= 11 is 1.21. The molecule has 5 heteroatoms. The van der Waals surface area contributed by atoms with Crippen LogP contribution in [0.25, 0.3) is 10.4 Å². The average molecular weight is 262 g/mol. The van der Waals surface area contributed by atoms with Crippen molar-refractivity contribution >= 4 is 22.4 Å². The van der Waals surface area contributed by atoms with Crippen molar-refractivity contribution < 1.29 is 9.90 Å². The fraction of sp³-hybridized carbons (Fsp3) is 0.231. The number of nitrogens with two attached hydrogens (primary N) is 1. The van der Waals surface area contributed by atoms with Gasteiger partial charge in [-0.05, 0) is 43.0 Å². The number of hydrogen-bond acceptors (Lipinski definition) is 4. The second-order valence-electron chi connectivity index (χ2n) is 4.29. The summed E-state index contributed by atoms with van der Waals surface area (Å²) in [5.41, 5.74) is 9.88. The van der Waals surface area contributed by atoms with Gasteiger partial charge in [-0.15, -0.1) is 0 Å². The molecule has 0 aliphatic rings. The van der Waals surface area contributed by atoms with Crippen molar-refractivity contribution in [1.82, 2.24) is 4.98 Å². The largest absolute Gasteiger partial charge is 0.476 e. The Bertz CT molecular complexity index is 632. The number of nitrogens with zero attached hydrogens (tertiary/aromatic N) is 1. The average Bonchev–Trinajstić information content (AvgIpc) is 2.65. The van der Waals surface area contributed by atoms with E-state index in [1.807, 2.05) is 32.9 Å². The lowest BCUT2D eigenvalue weighted by molar-refractivity contribution is 0.0692. The number of hydrogen-bond donors (Lipinski definition) is 2. The number of carbonyl (C=O) groups is 1. The summed E-state index contributed by atoms with van der Waals surface area (Å²) in [6.07, 6.45) is 0. The van der Waals surface area contributed by atoms with Crippen LogP contribution in [0.3, 0.4) is 0 Å². The highest BCUT2D eigenvalue weighted by Gasteiger charge is 2.19. The summed E-state index contributed by atoms with van der Waals surface area (Å²) in [4.78, 5) is 15.7. The molecule has 0 atom stereocenters. The lowest BCUT2D eigenvalue weighted by atomic mass is 9.99. The Labute approximate surface area is 109 Å². The van der Waals surface area contributed by atoms with E-state index in [4.69, 9.17) is 10.8 Å². The second kappa shape index (κ2) is 4.42. The van der Waals surface area contributed by atoms with Gasteiger partial charge in [0.25, 0.3) is 0 Å². The molecule has 1 heterocycles. The second-order valence-corrected chi connectivity index (χ2v) is 5.32. The van der Waals surface area contributed by atoms with Crippen LogP contribution in [-0.4, -0.2) is 16.1 Å². The molecule has 2 rings (SSSR count). The van der Waals surface area contributed by atoms with E-state index in [1.54, 1.807) is 0 Å². The van der Waals surface area contributed by atoms with Gasteiger partial charge in [0.2, 0.25) is 0 Å². The maximum Gasteiger partial charge on any atom is 0.356 e. The van der Waals surface area contributed by atoms with E-state index in [2.05, 4.69) is 4.98 Å². The Morgan fingerprint density at radius 1 is 1.22 bits per heavy atom. The van der Waals surface area contributed by atoms with Gasteiger partial charge in [-0.25, -0.2) is 9.78 Å². The highest BCUT2D eigenvalue weighted by Crippen LogP contribution is 2.35. The van der Waals surface area contributed by atoms with E-state index in [-0.39, 0.29) is 10.8 Å². The molecule has 0 fully saturated rings. The summed E-state index contributed by atoms with van der Waals surface area (Å²) in [7, 11) is 0. The van der Waals surface area contributed by atoms with Crippen molar-refractivity contribution in [2.45, 2.75) is 20.8 Å². The van der Waals surface area contributed by atoms with Crippen LogP contribution in [0.5, 0.6) is 0 Å². The third-order valence-corrected chi connectivity index (χ3v) is 3.85. The predicted octanol–water partition coefficient (Wildman–Crippen LogP) is 3.02. The molecular weight excluding hydrogens is 248 g/mol. The quantitative estimate of drug-likeness (QED) is 0.872. The van der Waals surface area contributed by atoms with Crippen LogP contribution in [0.15, 0.2) is 12.1 Å². The van der Waals surface area contributed by atoms with Gasteiger partial charge < -0.3 is 10.8 Å². The molecule has 4 nitrogen and oxygen atoms in total. The van der Waals surface area contributed by atoms with Gasteiger partial charge in [0.15, 0.2) is 10.8 Å². The molecule has 0 amide bonds. The van der Waals surface area contributed by atoms with Gasteiger partial charge in [-0.2, -0.15) is 0 Å². The summed E-state index contributed by atoms with van der Waals surface area (Å²) in [5, 5.41) is 9.42. The van der Waals surface area contributed by atoms with E-state index in [0.717, 1.165) is 16.7 Å². The highest BCUT2D eigenvalue weighted by molar-refractivity contribution is 7.19. The summed E-state index contributed by atoms with van der Waals surface area (Å²) in [6, 6.07) is 4.04. The first-order chi connectivity index (χ1) is 8.40. The van der Waals surface area contributed by atoms with E-state index < -0.39 is 5.97 Å². The normalized spacial score (nSPS) is 10.6. The number of carboxylic acids is 1. The van der Waals surface area contributed by atoms with Crippen molar-refractivity contribution in [3.05, 3.63) is 34.5 Å². The van der Waals surface area contributed by atoms with Gasteiger partial charge in [0.05, 0.1) is 4.88 Å². The molecule has 0 aliphatic heterocycles. The van der Waals surface area contributed by atoms with E-state index in [9.17, 15) is 4.79 Å². The number of rotatable bonds is 2. The molecule has 0 unspecified atom stereocenters. The smallest absolute Gasteiger partial charge is 0.356 e. The minimum atomic E-state index is -1.05. The molecule has 18 heavy (non-hydrogen) atoms. The molecule has 0 aliphatic carbocycles. The Balaban J connectivity index is 2.69. The number of aromatic carboxylic acids is 1. The first-order valence-corrected chi connectivity index (χ1v) is 6.29. The zero-order valence-corrected chi connectivity index (χ0v) is 11.3. The lowest BCUT2D eigenvalue weighted by Crippen LogP contribution is -2.00. The van der Waals surface area contributed by atoms with Crippen LogP contribution in [0.4, 0.5) is 5.13 Å². The number of benzene rings is 1. The molecule has 94 valence electrons. The number of nitrogen functional groups attached to an aromatic ring is 1. The maximum absolute atomic E-state index is 11.2. The summed E-state index contributed by atoms with van der Waals surface area (Å²) in [5.74, 6) is -1.05. The van der Waals surface area contributed by atoms with Crippen molar-refractivity contribution in [3.63, 3.8) is 0 Å². The van der Waals surface area contributed by atoms with Gasteiger partial charge in [0.1, 0.15) is 0 Å². The van der Waals surface area contributed by atoms with Crippen LogP contribution >= 0.6 is 11.3 Å². The summed E-state index contributed by atoms with van der Waals surface area (Å²) in [6.45, 7) is 6.00. The molecule has 2 aromatic rings. The Hall–Kier alpha value is -1.88. The minimum absolute atomic E-state index is 0.0313. The minimum Gasteiger partial charge on any atom is -0.476 e. The molecular formula is C13H14N2O2S. The fourth-order valence-corrected chi connectivity index (χ4v) is 2.77. The molecule has 0 saturated carbocycles. The third kappa shape index (κ3) is 2.09. The van der Waals surface area contributed by atoms with Crippen LogP contribution in [-0.2, 0) is 0 Å². The fourth-order valence-electron chi connectivity index (χ4n) is 1.87. The van der Waals surface area contributed by atoms with Crippen LogP contribution in [0.1, 0.15) is 27.2 Å². The number of aryl methyl sites for hydroxylation is 3. The number of anilines is 1. The molecule has 0 bridgehead atoms. The van der Waals surface area contributed by atoms with Gasteiger partial charge in [-0.3, -0.25) is 0 Å². The van der Waals surface area contributed by atoms with Crippen molar-refractivity contribution in [1.29, 1.82) is 0 Å². The van der Waals surface area contributed by atoms with E-state index >= 15 is 0 Å². The van der Waals surface area contributed by atoms with Gasteiger partial charge >= 0.3 is 5.97 Å². The number of carboxylic acid groups (broad SMARTS) is 1. The lowest BCUT2D eigenvalue weighted by Gasteiger charge is -2.08. The monoisotopic (exact) mass is 262 g/mol. The molecule has 3 N–H and O–H groups in total. The zero-order valence-electron chi connectivity index (χ0n) is 10.4. The topological polar surface area (TPSA) is 76.2 Å². The Morgan fingerprint density at radius 2 is 1.83 bits per heavy atom. The first-order valence-electron chi connectivity index (χ1n) is 5.48. The summed E-state index contributed by atoms with van der Waals surface area (Å²) < 4.78 is 0. The standard InChI is InChI=1S/C13H14N2O2S/c1-6-4-8(3)9(5-7(6)2)11-10(12(16)17)15-13(14)18-11/h4-5H,1-3H3,(H2,14,15)(H,16,17). The van der Waals surface area contributed by atoms with Crippen molar-refractivity contribution in [3.8, 4) is 10.4 Å². The molecule has 1 aromatic heterocycles. The zero-order chi connectivity index (χ0) is 13.4. The third-order valence-electron chi connectivity index (χ3n) is 2.93. The van der Waals surface area contributed by atoms with Gasteiger partial charge in [-0.1, -0.05) is 23.5 Å². The van der Waals surface area contributed by atoms with E-state index in [1.165, 1.54) is 16.9 Å². The molecule has 1 aromatic carbocycles. The molecule has 0 saturated heterocycles.